The summed E-state index contributed by atoms with van der Waals surface area (Å²) < 4.78 is 0. The Balaban J connectivity index is 1.89. The third-order valence-corrected chi connectivity index (χ3v) is 5.84. The Labute approximate surface area is 125 Å². The van der Waals surface area contributed by atoms with Crippen LogP contribution >= 0.6 is 0 Å². The Morgan fingerprint density at radius 1 is 1.10 bits per heavy atom. The van der Waals surface area contributed by atoms with Crippen molar-refractivity contribution in [2.45, 2.75) is 65.0 Å². The van der Waals surface area contributed by atoms with Crippen molar-refractivity contribution in [1.29, 1.82) is 0 Å². The van der Waals surface area contributed by atoms with E-state index in [2.05, 4.69) is 30.6 Å². The molecule has 1 saturated heterocycles. The number of nitrogens with two attached hydrogens (primary N) is 1. The molecular formula is C17H35N3. The summed E-state index contributed by atoms with van der Waals surface area (Å²) >= 11 is 0. The van der Waals surface area contributed by atoms with Gasteiger partial charge in [0.15, 0.2) is 0 Å². The van der Waals surface area contributed by atoms with Crippen LogP contribution in [0.4, 0.5) is 0 Å². The molecule has 2 rings (SSSR count). The Hall–Kier alpha value is -0.120. The van der Waals surface area contributed by atoms with Crippen molar-refractivity contribution >= 4 is 0 Å². The van der Waals surface area contributed by atoms with E-state index in [9.17, 15) is 0 Å². The molecule has 0 aromatic heterocycles. The summed E-state index contributed by atoms with van der Waals surface area (Å²) in [5.74, 6) is 1.79. The van der Waals surface area contributed by atoms with Crippen LogP contribution in [0, 0.1) is 11.8 Å². The van der Waals surface area contributed by atoms with E-state index in [0.717, 1.165) is 24.4 Å². The lowest BCUT2D eigenvalue weighted by Gasteiger charge is -2.38. The van der Waals surface area contributed by atoms with Crippen LogP contribution in [0.3, 0.4) is 0 Å². The predicted octanol–water partition coefficient (Wildman–Crippen LogP) is 2.56. The zero-order valence-electron chi connectivity index (χ0n) is 13.9. The fraction of sp³-hybridized carbons (Fsp3) is 1.00. The smallest absolute Gasteiger partial charge is 0.0247 e. The zero-order chi connectivity index (χ0) is 14.5. The van der Waals surface area contributed by atoms with E-state index >= 15 is 0 Å². The van der Waals surface area contributed by atoms with Crippen LogP contribution < -0.4 is 5.73 Å². The van der Waals surface area contributed by atoms with Crippen LogP contribution in [0.1, 0.15) is 52.9 Å². The first-order valence-electron chi connectivity index (χ1n) is 8.87. The van der Waals surface area contributed by atoms with Crippen LogP contribution in [-0.2, 0) is 0 Å². The van der Waals surface area contributed by atoms with E-state index in [0.29, 0.717) is 6.04 Å². The number of rotatable bonds is 6. The van der Waals surface area contributed by atoms with E-state index in [1.807, 2.05) is 0 Å². The van der Waals surface area contributed by atoms with E-state index in [4.69, 9.17) is 5.73 Å². The molecule has 2 atom stereocenters. The molecule has 20 heavy (non-hydrogen) atoms. The topological polar surface area (TPSA) is 32.5 Å². The molecule has 2 N–H and O–H groups in total. The summed E-state index contributed by atoms with van der Waals surface area (Å²) in [6.45, 7) is 12.7. The SMILES string of the molecule is CCN(CC)C1CCN(C(CN)C2CCC(C)CC2)C1. The minimum atomic E-state index is 0.642. The molecule has 1 aliphatic heterocycles. The third kappa shape index (κ3) is 3.75. The Kier molecular flexibility index (Phi) is 6.31. The lowest BCUT2D eigenvalue weighted by atomic mass is 9.79. The van der Waals surface area contributed by atoms with E-state index in [1.54, 1.807) is 0 Å². The highest BCUT2D eigenvalue weighted by molar-refractivity contribution is 4.91. The van der Waals surface area contributed by atoms with Gasteiger partial charge in [-0.05, 0) is 44.2 Å². The first-order valence-corrected chi connectivity index (χ1v) is 8.87. The van der Waals surface area contributed by atoms with Gasteiger partial charge in [-0.2, -0.15) is 0 Å². The van der Waals surface area contributed by atoms with Crippen molar-refractivity contribution in [1.82, 2.24) is 9.80 Å². The normalized spacial score (nSPS) is 33.8. The van der Waals surface area contributed by atoms with Crippen molar-refractivity contribution in [3.63, 3.8) is 0 Å². The molecule has 1 aliphatic carbocycles. The van der Waals surface area contributed by atoms with Crippen molar-refractivity contribution in [3.05, 3.63) is 0 Å². The van der Waals surface area contributed by atoms with Gasteiger partial charge in [-0.3, -0.25) is 9.80 Å². The second-order valence-electron chi connectivity index (χ2n) is 6.98. The second-order valence-corrected chi connectivity index (χ2v) is 6.98. The monoisotopic (exact) mass is 281 g/mol. The quantitative estimate of drug-likeness (QED) is 0.812. The van der Waals surface area contributed by atoms with E-state index < -0.39 is 0 Å². The molecule has 0 bridgehead atoms. The fourth-order valence-corrected chi connectivity index (χ4v) is 4.42. The summed E-state index contributed by atoms with van der Waals surface area (Å²) in [5.41, 5.74) is 6.15. The van der Waals surface area contributed by atoms with Gasteiger partial charge in [0.25, 0.3) is 0 Å². The van der Waals surface area contributed by atoms with E-state index in [-0.39, 0.29) is 0 Å². The van der Waals surface area contributed by atoms with Gasteiger partial charge in [-0.1, -0.05) is 33.6 Å². The summed E-state index contributed by atoms with van der Waals surface area (Å²) in [6, 6.07) is 1.41. The standard InChI is InChI=1S/C17H35N3/c1-4-19(5-2)16-10-11-20(13-16)17(12-18)15-8-6-14(3)7-9-15/h14-17H,4-13,18H2,1-3H3. The molecule has 0 amide bonds. The molecule has 1 heterocycles. The number of nitrogens with zero attached hydrogens (tertiary/aromatic N) is 2. The van der Waals surface area contributed by atoms with Crippen LogP contribution in [0.5, 0.6) is 0 Å². The van der Waals surface area contributed by atoms with Crippen molar-refractivity contribution in [2.75, 3.05) is 32.7 Å². The van der Waals surface area contributed by atoms with Gasteiger partial charge in [0.2, 0.25) is 0 Å². The first-order chi connectivity index (χ1) is 9.69. The molecule has 2 fully saturated rings. The van der Waals surface area contributed by atoms with Crippen molar-refractivity contribution < 1.29 is 0 Å². The molecule has 0 aromatic carbocycles. The molecule has 2 unspecified atom stereocenters. The van der Waals surface area contributed by atoms with Crippen molar-refractivity contribution in [3.8, 4) is 0 Å². The van der Waals surface area contributed by atoms with Crippen LogP contribution in [0.2, 0.25) is 0 Å². The lowest BCUT2D eigenvalue weighted by Crippen LogP contribution is -2.47. The molecule has 0 aromatic rings. The first kappa shape index (κ1) is 16.3. The van der Waals surface area contributed by atoms with Crippen LogP contribution in [0.15, 0.2) is 0 Å². The Bertz CT molecular complexity index is 269. The minimum Gasteiger partial charge on any atom is -0.329 e. The van der Waals surface area contributed by atoms with Gasteiger partial charge in [-0.25, -0.2) is 0 Å². The number of hydrogen-bond donors (Lipinski definition) is 1. The number of likely N-dealkylation sites (N-methyl/N-ethyl adjacent to an activating group) is 1. The molecule has 3 nitrogen and oxygen atoms in total. The average molecular weight is 281 g/mol. The summed E-state index contributed by atoms with van der Waals surface area (Å²) in [6.07, 6.45) is 6.95. The predicted molar refractivity (Wildman–Crippen MR) is 86.9 cm³/mol. The Morgan fingerprint density at radius 3 is 2.30 bits per heavy atom. The van der Waals surface area contributed by atoms with Gasteiger partial charge in [0.05, 0.1) is 0 Å². The highest BCUT2D eigenvalue weighted by Gasteiger charge is 2.34. The van der Waals surface area contributed by atoms with Gasteiger partial charge >= 0.3 is 0 Å². The maximum absolute atomic E-state index is 6.15. The molecule has 118 valence electrons. The lowest BCUT2D eigenvalue weighted by molar-refractivity contribution is 0.122. The molecule has 0 spiro atoms. The summed E-state index contributed by atoms with van der Waals surface area (Å²) in [5, 5.41) is 0. The highest BCUT2D eigenvalue weighted by Crippen LogP contribution is 2.33. The summed E-state index contributed by atoms with van der Waals surface area (Å²) in [4.78, 5) is 5.33. The van der Waals surface area contributed by atoms with Crippen LogP contribution in [0.25, 0.3) is 0 Å². The van der Waals surface area contributed by atoms with Gasteiger partial charge in [0, 0.05) is 31.7 Å². The maximum Gasteiger partial charge on any atom is 0.0247 e. The van der Waals surface area contributed by atoms with E-state index in [1.165, 1.54) is 58.3 Å². The van der Waals surface area contributed by atoms with Gasteiger partial charge in [0.1, 0.15) is 0 Å². The van der Waals surface area contributed by atoms with Crippen molar-refractivity contribution in [2.24, 2.45) is 17.6 Å². The number of hydrogen-bond acceptors (Lipinski definition) is 3. The largest absolute Gasteiger partial charge is 0.329 e. The maximum atomic E-state index is 6.15. The zero-order valence-corrected chi connectivity index (χ0v) is 13.9. The molecule has 2 aliphatic rings. The average Bonchev–Trinajstić information content (AvgIpc) is 2.93. The Morgan fingerprint density at radius 2 is 1.75 bits per heavy atom. The second kappa shape index (κ2) is 7.77. The minimum absolute atomic E-state index is 0.642. The summed E-state index contributed by atoms with van der Waals surface area (Å²) in [7, 11) is 0. The fourth-order valence-electron chi connectivity index (χ4n) is 4.42. The third-order valence-electron chi connectivity index (χ3n) is 5.84. The van der Waals surface area contributed by atoms with Crippen LogP contribution in [-0.4, -0.2) is 54.6 Å². The molecule has 3 heteroatoms. The van der Waals surface area contributed by atoms with Gasteiger partial charge in [-0.15, -0.1) is 0 Å². The molecule has 0 radical (unpaired) electrons. The number of likely N-dealkylation sites (tertiary alicyclic amines) is 1. The molecule has 1 saturated carbocycles. The molecular weight excluding hydrogens is 246 g/mol. The van der Waals surface area contributed by atoms with Gasteiger partial charge < -0.3 is 5.73 Å². The highest BCUT2D eigenvalue weighted by atomic mass is 15.3.